The lowest BCUT2D eigenvalue weighted by Gasteiger charge is -2.13. The first-order chi connectivity index (χ1) is 8.97. The minimum Gasteiger partial charge on any atom is -0.345 e. The molecule has 0 saturated heterocycles. The standard InChI is InChI=1S/C15H16ClNOS/c1-9-4-5-12(10(2)8-9)15(18)17-11(3)13-6-7-14(16)19-13/h4-8,11H,1-3H3,(H,17,18). The molecule has 1 aromatic carbocycles. The summed E-state index contributed by atoms with van der Waals surface area (Å²) in [5, 5.41) is 3.00. The molecular formula is C15H16ClNOS. The van der Waals surface area contributed by atoms with Crippen molar-refractivity contribution in [2.75, 3.05) is 0 Å². The number of hydrogen-bond acceptors (Lipinski definition) is 2. The van der Waals surface area contributed by atoms with E-state index in [1.807, 2.05) is 51.1 Å². The van der Waals surface area contributed by atoms with E-state index in [-0.39, 0.29) is 11.9 Å². The van der Waals surface area contributed by atoms with Crippen LogP contribution in [0.2, 0.25) is 4.34 Å². The maximum absolute atomic E-state index is 12.2. The molecule has 1 N–H and O–H groups in total. The van der Waals surface area contributed by atoms with Gasteiger partial charge in [-0.3, -0.25) is 4.79 Å². The molecule has 2 rings (SSSR count). The van der Waals surface area contributed by atoms with Gasteiger partial charge in [0.1, 0.15) is 0 Å². The normalized spacial score (nSPS) is 12.2. The van der Waals surface area contributed by atoms with Crippen molar-refractivity contribution < 1.29 is 4.79 Å². The number of halogens is 1. The fourth-order valence-electron chi connectivity index (χ4n) is 1.97. The lowest BCUT2D eigenvalue weighted by molar-refractivity contribution is 0.0940. The summed E-state index contributed by atoms with van der Waals surface area (Å²) < 4.78 is 0.739. The molecule has 0 aliphatic rings. The highest BCUT2D eigenvalue weighted by atomic mass is 35.5. The second-order valence-corrected chi connectivity index (χ2v) is 6.40. The van der Waals surface area contributed by atoms with E-state index in [9.17, 15) is 4.79 Å². The zero-order valence-electron chi connectivity index (χ0n) is 11.2. The van der Waals surface area contributed by atoms with Crippen molar-refractivity contribution in [2.45, 2.75) is 26.8 Å². The van der Waals surface area contributed by atoms with Crippen LogP contribution in [0.15, 0.2) is 30.3 Å². The van der Waals surface area contributed by atoms with Gasteiger partial charge < -0.3 is 5.32 Å². The third-order valence-electron chi connectivity index (χ3n) is 2.99. The highest BCUT2D eigenvalue weighted by molar-refractivity contribution is 7.16. The van der Waals surface area contributed by atoms with Crippen LogP contribution in [0.25, 0.3) is 0 Å². The van der Waals surface area contributed by atoms with Crippen molar-refractivity contribution in [1.29, 1.82) is 0 Å². The number of carbonyl (C=O) groups excluding carboxylic acids is 1. The van der Waals surface area contributed by atoms with Crippen molar-refractivity contribution in [1.82, 2.24) is 5.32 Å². The number of aryl methyl sites for hydroxylation is 2. The average molecular weight is 294 g/mol. The van der Waals surface area contributed by atoms with Crippen LogP contribution < -0.4 is 5.32 Å². The first-order valence-electron chi connectivity index (χ1n) is 6.10. The molecule has 4 heteroatoms. The molecule has 1 aromatic heterocycles. The van der Waals surface area contributed by atoms with Gasteiger partial charge in [-0.05, 0) is 44.5 Å². The number of thiophene rings is 1. The fourth-order valence-corrected chi connectivity index (χ4v) is 3.04. The van der Waals surface area contributed by atoms with Crippen LogP contribution in [0.1, 0.15) is 39.3 Å². The second-order valence-electron chi connectivity index (χ2n) is 4.66. The number of hydrogen-bond donors (Lipinski definition) is 1. The van der Waals surface area contributed by atoms with Crippen molar-refractivity contribution in [2.24, 2.45) is 0 Å². The number of amides is 1. The minimum absolute atomic E-state index is 0.0364. The fraction of sp³-hybridized carbons (Fsp3) is 0.267. The topological polar surface area (TPSA) is 29.1 Å². The number of nitrogens with one attached hydrogen (secondary N) is 1. The van der Waals surface area contributed by atoms with Gasteiger partial charge in [0.25, 0.3) is 5.91 Å². The van der Waals surface area contributed by atoms with E-state index in [0.717, 1.165) is 25.9 Å². The summed E-state index contributed by atoms with van der Waals surface area (Å²) in [5.41, 5.74) is 2.88. The van der Waals surface area contributed by atoms with E-state index in [1.165, 1.54) is 11.3 Å². The summed E-state index contributed by atoms with van der Waals surface area (Å²) in [4.78, 5) is 13.3. The van der Waals surface area contributed by atoms with Crippen molar-refractivity contribution in [3.63, 3.8) is 0 Å². The quantitative estimate of drug-likeness (QED) is 0.886. The Kier molecular flexibility index (Phi) is 4.27. The molecule has 1 amide bonds. The van der Waals surface area contributed by atoms with Gasteiger partial charge in [-0.1, -0.05) is 29.3 Å². The molecule has 100 valence electrons. The monoisotopic (exact) mass is 293 g/mol. The van der Waals surface area contributed by atoms with Gasteiger partial charge in [0.05, 0.1) is 10.4 Å². The maximum atomic E-state index is 12.2. The zero-order chi connectivity index (χ0) is 14.0. The molecule has 1 atom stereocenters. The van der Waals surface area contributed by atoms with Gasteiger partial charge in [-0.2, -0.15) is 0 Å². The third-order valence-corrected chi connectivity index (χ3v) is 4.41. The summed E-state index contributed by atoms with van der Waals surface area (Å²) in [6, 6.07) is 9.59. The largest absolute Gasteiger partial charge is 0.345 e. The van der Waals surface area contributed by atoms with Crippen LogP contribution in [0.4, 0.5) is 0 Å². The SMILES string of the molecule is Cc1ccc(C(=O)NC(C)c2ccc(Cl)s2)c(C)c1. The predicted molar refractivity (Wildman–Crippen MR) is 81.1 cm³/mol. The second kappa shape index (κ2) is 5.76. The molecule has 0 bridgehead atoms. The molecule has 1 heterocycles. The number of rotatable bonds is 3. The van der Waals surface area contributed by atoms with Crippen LogP contribution in [0, 0.1) is 13.8 Å². The van der Waals surface area contributed by atoms with Crippen LogP contribution in [-0.4, -0.2) is 5.91 Å². The summed E-state index contributed by atoms with van der Waals surface area (Å²) in [7, 11) is 0. The highest BCUT2D eigenvalue weighted by Gasteiger charge is 2.14. The molecule has 0 radical (unpaired) electrons. The molecule has 0 aliphatic heterocycles. The van der Waals surface area contributed by atoms with Gasteiger partial charge in [0, 0.05) is 10.4 Å². The third kappa shape index (κ3) is 3.37. The first-order valence-corrected chi connectivity index (χ1v) is 7.30. The number of benzene rings is 1. The molecule has 2 aromatic rings. The summed E-state index contributed by atoms with van der Waals surface area (Å²) in [6.07, 6.45) is 0. The van der Waals surface area contributed by atoms with Gasteiger partial charge in [0.2, 0.25) is 0 Å². The minimum atomic E-state index is -0.0467. The van der Waals surface area contributed by atoms with Gasteiger partial charge in [-0.25, -0.2) is 0 Å². The molecule has 0 spiro atoms. The molecule has 0 aliphatic carbocycles. The molecular weight excluding hydrogens is 278 g/mol. The Morgan fingerprint density at radius 1 is 1.26 bits per heavy atom. The molecule has 19 heavy (non-hydrogen) atoms. The first kappa shape index (κ1) is 14.1. The lowest BCUT2D eigenvalue weighted by atomic mass is 10.0. The molecule has 1 unspecified atom stereocenters. The average Bonchev–Trinajstić information content (AvgIpc) is 2.75. The summed E-state index contributed by atoms with van der Waals surface area (Å²) in [6.45, 7) is 5.93. The van der Waals surface area contributed by atoms with E-state index >= 15 is 0 Å². The van der Waals surface area contributed by atoms with Gasteiger partial charge in [0.15, 0.2) is 0 Å². The van der Waals surface area contributed by atoms with Crippen LogP contribution in [0.3, 0.4) is 0 Å². The van der Waals surface area contributed by atoms with Crippen LogP contribution in [0.5, 0.6) is 0 Å². The highest BCUT2D eigenvalue weighted by Crippen LogP contribution is 2.26. The van der Waals surface area contributed by atoms with Crippen molar-refractivity contribution in [3.8, 4) is 0 Å². The van der Waals surface area contributed by atoms with E-state index in [4.69, 9.17) is 11.6 Å². The number of carbonyl (C=O) groups is 1. The Balaban J connectivity index is 2.12. The Morgan fingerprint density at radius 2 is 2.00 bits per heavy atom. The Bertz CT molecular complexity index is 606. The molecule has 0 fully saturated rings. The van der Waals surface area contributed by atoms with E-state index in [1.54, 1.807) is 0 Å². The van der Waals surface area contributed by atoms with E-state index < -0.39 is 0 Å². The van der Waals surface area contributed by atoms with Crippen LogP contribution in [-0.2, 0) is 0 Å². The maximum Gasteiger partial charge on any atom is 0.252 e. The lowest BCUT2D eigenvalue weighted by Crippen LogP contribution is -2.26. The zero-order valence-corrected chi connectivity index (χ0v) is 12.7. The van der Waals surface area contributed by atoms with Crippen molar-refractivity contribution >= 4 is 28.8 Å². The Labute approximate surface area is 122 Å². The van der Waals surface area contributed by atoms with Crippen molar-refractivity contribution in [3.05, 3.63) is 56.2 Å². The predicted octanol–water partition coefficient (Wildman–Crippen LogP) is 4.51. The Hall–Kier alpha value is -1.32. The van der Waals surface area contributed by atoms with Gasteiger partial charge in [-0.15, -0.1) is 11.3 Å². The van der Waals surface area contributed by atoms with E-state index in [0.29, 0.717) is 0 Å². The Morgan fingerprint density at radius 3 is 2.58 bits per heavy atom. The summed E-state index contributed by atoms with van der Waals surface area (Å²) >= 11 is 7.40. The molecule has 0 saturated carbocycles. The molecule has 2 nitrogen and oxygen atoms in total. The van der Waals surface area contributed by atoms with E-state index in [2.05, 4.69) is 5.32 Å². The van der Waals surface area contributed by atoms with Gasteiger partial charge >= 0.3 is 0 Å². The smallest absolute Gasteiger partial charge is 0.252 e. The van der Waals surface area contributed by atoms with Crippen LogP contribution >= 0.6 is 22.9 Å². The summed E-state index contributed by atoms with van der Waals surface area (Å²) in [5.74, 6) is -0.0467.